The average molecular weight is 254 g/mol. The SMILES string of the molecule is CC(C)C(C)S(=O)(=O)CC(=O)c1ccccc1. The Morgan fingerprint density at radius 2 is 1.65 bits per heavy atom. The van der Waals surface area contributed by atoms with E-state index < -0.39 is 20.8 Å². The number of hydrogen-bond donors (Lipinski definition) is 0. The molecule has 1 aromatic carbocycles. The van der Waals surface area contributed by atoms with E-state index in [2.05, 4.69) is 0 Å². The van der Waals surface area contributed by atoms with Crippen molar-refractivity contribution in [3.63, 3.8) is 0 Å². The minimum Gasteiger partial charge on any atom is -0.293 e. The Hall–Kier alpha value is -1.16. The van der Waals surface area contributed by atoms with Crippen molar-refractivity contribution in [1.82, 2.24) is 0 Å². The van der Waals surface area contributed by atoms with Crippen molar-refractivity contribution in [3.8, 4) is 0 Å². The van der Waals surface area contributed by atoms with Gasteiger partial charge in [-0.3, -0.25) is 4.79 Å². The Morgan fingerprint density at radius 3 is 2.12 bits per heavy atom. The van der Waals surface area contributed by atoms with E-state index in [1.54, 1.807) is 37.3 Å². The maximum Gasteiger partial charge on any atom is 0.177 e. The summed E-state index contributed by atoms with van der Waals surface area (Å²) < 4.78 is 23.9. The maximum absolute atomic E-state index is 11.9. The predicted molar refractivity (Wildman–Crippen MR) is 68.9 cm³/mol. The number of carbonyl (C=O) groups excluding carboxylic acids is 1. The number of carbonyl (C=O) groups is 1. The van der Waals surface area contributed by atoms with Crippen LogP contribution in [-0.2, 0) is 9.84 Å². The first-order valence-electron chi connectivity index (χ1n) is 5.64. The average Bonchev–Trinajstić information content (AvgIpc) is 2.28. The summed E-state index contributed by atoms with van der Waals surface area (Å²) in [5.74, 6) is -0.724. The molecule has 0 aliphatic rings. The van der Waals surface area contributed by atoms with Gasteiger partial charge in [-0.05, 0) is 12.8 Å². The summed E-state index contributed by atoms with van der Waals surface area (Å²) in [5, 5.41) is -0.491. The van der Waals surface area contributed by atoms with Crippen LogP contribution in [0.1, 0.15) is 31.1 Å². The van der Waals surface area contributed by atoms with Crippen LogP contribution >= 0.6 is 0 Å². The van der Waals surface area contributed by atoms with E-state index >= 15 is 0 Å². The normalized spacial score (nSPS) is 13.6. The molecule has 0 radical (unpaired) electrons. The molecule has 0 saturated heterocycles. The van der Waals surface area contributed by atoms with Crippen LogP contribution in [0.25, 0.3) is 0 Å². The van der Waals surface area contributed by atoms with Crippen molar-refractivity contribution in [2.45, 2.75) is 26.0 Å². The summed E-state index contributed by atoms with van der Waals surface area (Å²) in [5.41, 5.74) is 0.451. The fraction of sp³-hybridized carbons (Fsp3) is 0.462. The van der Waals surface area contributed by atoms with Crippen LogP contribution in [0, 0.1) is 5.92 Å². The lowest BCUT2D eigenvalue weighted by Gasteiger charge is -2.15. The first-order valence-corrected chi connectivity index (χ1v) is 7.36. The van der Waals surface area contributed by atoms with Gasteiger partial charge in [0.15, 0.2) is 15.6 Å². The van der Waals surface area contributed by atoms with E-state index in [1.807, 2.05) is 13.8 Å². The van der Waals surface area contributed by atoms with Gasteiger partial charge in [-0.2, -0.15) is 0 Å². The molecule has 0 aliphatic carbocycles. The molecule has 0 fully saturated rings. The molecule has 1 atom stereocenters. The minimum absolute atomic E-state index is 0.0172. The monoisotopic (exact) mass is 254 g/mol. The van der Waals surface area contributed by atoms with E-state index in [4.69, 9.17) is 0 Å². The Morgan fingerprint density at radius 1 is 1.12 bits per heavy atom. The third-order valence-corrected chi connectivity index (χ3v) is 5.28. The number of hydrogen-bond acceptors (Lipinski definition) is 3. The molecule has 0 spiro atoms. The molecule has 17 heavy (non-hydrogen) atoms. The molecule has 94 valence electrons. The van der Waals surface area contributed by atoms with Gasteiger partial charge in [-0.1, -0.05) is 44.2 Å². The van der Waals surface area contributed by atoms with Gasteiger partial charge in [0.2, 0.25) is 0 Å². The fourth-order valence-corrected chi connectivity index (χ4v) is 3.06. The van der Waals surface area contributed by atoms with Gasteiger partial charge in [0.1, 0.15) is 5.75 Å². The van der Waals surface area contributed by atoms with Crippen molar-refractivity contribution in [1.29, 1.82) is 0 Å². The molecule has 1 aromatic rings. The number of Topliss-reactive ketones (excluding diaryl/α,β-unsaturated/α-hetero) is 1. The molecule has 0 bridgehead atoms. The number of benzene rings is 1. The minimum atomic E-state index is -3.36. The van der Waals surface area contributed by atoms with E-state index in [1.165, 1.54) is 0 Å². The molecule has 4 heteroatoms. The highest BCUT2D eigenvalue weighted by Crippen LogP contribution is 2.14. The van der Waals surface area contributed by atoms with Gasteiger partial charge in [0.25, 0.3) is 0 Å². The summed E-state index contributed by atoms with van der Waals surface area (Å²) in [6.07, 6.45) is 0. The van der Waals surface area contributed by atoms with Gasteiger partial charge >= 0.3 is 0 Å². The zero-order chi connectivity index (χ0) is 13.1. The molecule has 0 heterocycles. The maximum atomic E-state index is 11.9. The number of ketones is 1. The molecule has 0 aromatic heterocycles. The summed E-state index contributed by atoms with van der Waals surface area (Å²) in [6.45, 7) is 5.34. The first kappa shape index (κ1) is 13.9. The zero-order valence-corrected chi connectivity index (χ0v) is 11.2. The zero-order valence-electron chi connectivity index (χ0n) is 10.4. The summed E-state index contributed by atoms with van der Waals surface area (Å²) in [4.78, 5) is 11.8. The van der Waals surface area contributed by atoms with E-state index in [0.717, 1.165) is 0 Å². The Balaban J connectivity index is 2.83. The van der Waals surface area contributed by atoms with Gasteiger partial charge in [0, 0.05) is 5.56 Å². The second-order valence-corrected chi connectivity index (χ2v) is 6.90. The van der Waals surface area contributed by atoms with Crippen LogP contribution in [0.5, 0.6) is 0 Å². The lowest BCUT2D eigenvalue weighted by Crippen LogP contribution is -2.29. The van der Waals surface area contributed by atoms with E-state index in [9.17, 15) is 13.2 Å². The summed E-state index contributed by atoms with van der Waals surface area (Å²) in [7, 11) is -3.36. The van der Waals surface area contributed by atoms with Crippen LogP contribution in [0.4, 0.5) is 0 Å². The largest absolute Gasteiger partial charge is 0.293 e. The summed E-state index contributed by atoms with van der Waals surface area (Å²) >= 11 is 0. The standard InChI is InChI=1S/C13H18O3S/c1-10(2)11(3)17(15,16)9-13(14)12-7-5-4-6-8-12/h4-8,10-11H,9H2,1-3H3. The second kappa shape index (κ2) is 5.45. The smallest absolute Gasteiger partial charge is 0.177 e. The highest BCUT2D eigenvalue weighted by molar-refractivity contribution is 7.92. The van der Waals surface area contributed by atoms with Crippen molar-refractivity contribution >= 4 is 15.6 Å². The third-order valence-electron chi connectivity index (χ3n) is 2.93. The Kier molecular flexibility index (Phi) is 4.46. The van der Waals surface area contributed by atoms with Crippen LogP contribution in [0.2, 0.25) is 0 Å². The first-order chi connectivity index (χ1) is 7.84. The highest BCUT2D eigenvalue weighted by Gasteiger charge is 2.26. The van der Waals surface area contributed by atoms with Gasteiger partial charge in [-0.25, -0.2) is 8.42 Å². The second-order valence-electron chi connectivity index (χ2n) is 4.55. The molecular formula is C13H18O3S. The summed E-state index contributed by atoms with van der Waals surface area (Å²) in [6, 6.07) is 8.52. The van der Waals surface area contributed by atoms with E-state index in [0.29, 0.717) is 5.56 Å². The molecular weight excluding hydrogens is 236 g/mol. The van der Waals surface area contributed by atoms with Crippen LogP contribution < -0.4 is 0 Å². The Bertz CT molecular complexity index is 475. The van der Waals surface area contributed by atoms with Gasteiger partial charge in [0.05, 0.1) is 5.25 Å². The molecule has 1 unspecified atom stereocenters. The van der Waals surface area contributed by atoms with E-state index in [-0.39, 0.29) is 11.7 Å². The van der Waals surface area contributed by atoms with Crippen molar-refractivity contribution in [3.05, 3.63) is 35.9 Å². The number of sulfone groups is 1. The van der Waals surface area contributed by atoms with Crippen LogP contribution in [0.15, 0.2) is 30.3 Å². The highest BCUT2D eigenvalue weighted by atomic mass is 32.2. The molecule has 0 amide bonds. The van der Waals surface area contributed by atoms with Crippen LogP contribution in [-0.4, -0.2) is 25.2 Å². The lowest BCUT2D eigenvalue weighted by molar-refractivity contribution is 0.102. The van der Waals surface area contributed by atoms with Gasteiger partial charge in [-0.15, -0.1) is 0 Å². The Labute approximate surface area is 103 Å². The molecule has 1 rings (SSSR count). The van der Waals surface area contributed by atoms with Crippen molar-refractivity contribution in [2.24, 2.45) is 5.92 Å². The van der Waals surface area contributed by atoms with Gasteiger partial charge < -0.3 is 0 Å². The molecule has 0 saturated carbocycles. The van der Waals surface area contributed by atoms with Crippen molar-refractivity contribution in [2.75, 3.05) is 5.75 Å². The van der Waals surface area contributed by atoms with Crippen LogP contribution in [0.3, 0.4) is 0 Å². The molecule has 0 aliphatic heterocycles. The lowest BCUT2D eigenvalue weighted by atomic mass is 10.1. The number of rotatable bonds is 5. The third kappa shape index (κ3) is 3.66. The molecule has 0 N–H and O–H groups in total. The molecule has 3 nitrogen and oxygen atoms in total. The fourth-order valence-electron chi connectivity index (χ4n) is 1.44. The topological polar surface area (TPSA) is 51.2 Å². The quantitative estimate of drug-likeness (QED) is 0.758. The predicted octanol–water partition coefficient (Wildman–Crippen LogP) is 2.33. The van der Waals surface area contributed by atoms with Crippen molar-refractivity contribution < 1.29 is 13.2 Å².